The quantitative estimate of drug-likeness (QED) is 0.876. The minimum atomic E-state index is -0.838. The molecule has 1 aliphatic heterocycles. The predicted molar refractivity (Wildman–Crippen MR) is 84.9 cm³/mol. The van der Waals surface area contributed by atoms with Crippen LogP contribution in [0.1, 0.15) is 19.3 Å². The van der Waals surface area contributed by atoms with Crippen LogP contribution in [-0.4, -0.2) is 39.6 Å². The van der Waals surface area contributed by atoms with Crippen molar-refractivity contribution in [2.24, 2.45) is 0 Å². The summed E-state index contributed by atoms with van der Waals surface area (Å²) in [5.74, 6) is -0.833. The van der Waals surface area contributed by atoms with Crippen molar-refractivity contribution in [2.45, 2.75) is 24.4 Å². The molecule has 0 amide bonds. The standard InChI is InChI=1S/C14H16ClN3O2S/c15-10-4-5-12-11(8-10)16-14(21-9-13(19)20)18(12)17-6-2-1-3-7-17/h4-5,8H,1-3,6-7,9H2,(H,19,20). The first-order valence-electron chi connectivity index (χ1n) is 6.93. The van der Waals surface area contributed by atoms with Crippen molar-refractivity contribution in [1.82, 2.24) is 9.66 Å². The van der Waals surface area contributed by atoms with Crippen LogP contribution in [0, 0.1) is 0 Å². The second-order valence-electron chi connectivity index (χ2n) is 5.04. The molecule has 112 valence electrons. The number of hydrogen-bond donors (Lipinski definition) is 1. The molecule has 0 bridgehead atoms. The minimum Gasteiger partial charge on any atom is -0.481 e. The van der Waals surface area contributed by atoms with Crippen molar-refractivity contribution in [3.63, 3.8) is 0 Å². The van der Waals surface area contributed by atoms with Crippen molar-refractivity contribution >= 4 is 40.4 Å². The van der Waals surface area contributed by atoms with Gasteiger partial charge in [0.25, 0.3) is 0 Å². The highest BCUT2D eigenvalue weighted by atomic mass is 35.5. The topological polar surface area (TPSA) is 58.4 Å². The van der Waals surface area contributed by atoms with E-state index >= 15 is 0 Å². The number of aliphatic carboxylic acids is 1. The summed E-state index contributed by atoms with van der Waals surface area (Å²) in [6, 6.07) is 5.61. The first-order valence-corrected chi connectivity index (χ1v) is 8.29. The molecule has 7 heteroatoms. The van der Waals surface area contributed by atoms with Gasteiger partial charge in [0.05, 0.1) is 16.8 Å². The number of carbonyl (C=O) groups is 1. The summed E-state index contributed by atoms with van der Waals surface area (Å²) in [4.78, 5) is 15.4. The Labute approximate surface area is 131 Å². The van der Waals surface area contributed by atoms with Gasteiger partial charge >= 0.3 is 5.97 Å². The summed E-state index contributed by atoms with van der Waals surface area (Å²) in [6.07, 6.45) is 3.54. The third-order valence-electron chi connectivity index (χ3n) is 3.50. The zero-order chi connectivity index (χ0) is 14.8. The number of aromatic nitrogens is 2. The van der Waals surface area contributed by atoms with Crippen LogP contribution in [0.4, 0.5) is 0 Å². The molecule has 1 saturated heterocycles. The summed E-state index contributed by atoms with van der Waals surface area (Å²) >= 11 is 7.28. The second kappa shape index (κ2) is 6.15. The number of piperidine rings is 1. The molecule has 5 nitrogen and oxygen atoms in total. The number of nitrogens with zero attached hydrogens (tertiary/aromatic N) is 3. The summed E-state index contributed by atoms with van der Waals surface area (Å²) in [7, 11) is 0. The zero-order valence-corrected chi connectivity index (χ0v) is 13.0. The predicted octanol–water partition coefficient (Wildman–Crippen LogP) is 2.99. The van der Waals surface area contributed by atoms with Crippen LogP contribution >= 0.6 is 23.4 Å². The van der Waals surface area contributed by atoms with E-state index in [1.807, 2.05) is 18.2 Å². The smallest absolute Gasteiger partial charge is 0.313 e. The highest BCUT2D eigenvalue weighted by molar-refractivity contribution is 7.99. The number of carboxylic acids is 1. The Kier molecular flexibility index (Phi) is 4.26. The van der Waals surface area contributed by atoms with Gasteiger partial charge in [-0.2, -0.15) is 0 Å². The van der Waals surface area contributed by atoms with Crippen molar-refractivity contribution in [2.75, 3.05) is 23.9 Å². The lowest BCUT2D eigenvalue weighted by molar-refractivity contribution is -0.133. The van der Waals surface area contributed by atoms with Gasteiger partial charge in [-0.05, 0) is 37.5 Å². The van der Waals surface area contributed by atoms with E-state index in [-0.39, 0.29) is 5.75 Å². The Hall–Kier alpha value is -1.40. The van der Waals surface area contributed by atoms with Crippen LogP contribution in [0.3, 0.4) is 0 Å². The average molecular weight is 326 g/mol. The Bertz CT molecular complexity index is 668. The Morgan fingerprint density at radius 3 is 2.81 bits per heavy atom. The van der Waals surface area contributed by atoms with E-state index in [9.17, 15) is 4.79 Å². The monoisotopic (exact) mass is 325 g/mol. The summed E-state index contributed by atoms with van der Waals surface area (Å²) in [5.41, 5.74) is 1.79. The van der Waals surface area contributed by atoms with E-state index < -0.39 is 5.97 Å². The van der Waals surface area contributed by atoms with Crippen LogP contribution in [-0.2, 0) is 4.79 Å². The number of benzene rings is 1. The van der Waals surface area contributed by atoms with Crippen LogP contribution < -0.4 is 5.01 Å². The van der Waals surface area contributed by atoms with Gasteiger partial charge in [-0.15, -0.1) is 0 Å². The van der Waals surface area contributed by atoms with Crippen LogP contribution in [0.15, 0.2) is 23.4 Å². The molecular weight excluding hydrogens is 310 g/mol. The van der Waals surface area contributed by atoms with Gasteiger partial charge in [-0.1, -0.05) is 23.4 Å². The summed E-state index contributed by atoms with van der Waals surface area (Å²) in [5, 5.41) is 12.5. The molecule has 0 aliphatic carbocycles. The molecule has 0 unspecified atom stereocenters. The first kappa shape index (κ1) is 14.5. The number of imidazole rings is 1. The van der Waals surface area contributed by atoms with Crippen molar-refractivity contribution in [1.29, 1.82) is 0 Å². The number of halogens is 1. The molecule has 0 saturated carbocycles. The zero-order valence-electron chi connectivity index (χ0n) is 11.5. The molecule has 0 spiro atoms. The van der Waals surface area contributed by atoms with E-state index in [4.69, 9.17) is 16.7 Å². The normalized spacial score (nSPS) is 15.6. The van der Waals surface area contributed by atoms with Gasteiger partial charge in [0.2, 0.25) is 0 Å². The van der Waals surface area contributed by atoms with E-state index in [1.165, 1.54) is 18.2 Å². The average Bonchev–Trinajstić information content (AvgIpc) is 2.83. The summed E-state index contributed by atoms with van der Waals surface area (Å²) in [6.45, 7) is 1.93. The minimum absolute atomic E-state index is 0.00486. The van der Waals surface area contributed by atoms with Crippen LogP contribution in [0.2, 0.25) is 5.02 Å². The molecule has 0 atom stereocenters. The van der Waals surface area contributed by atoms with E-state index in [0.29, 0.717) is 5.02 Å². The van der Waals surface area contributed by atoms with Crippen LogP contribution in [0.5, 0.6) is 0 Å². The molecular formula is C14H16ClN3O2S. The maximum Gasteiger partial charge on any atom is 0.313 e. The molecule has 1 aromatic carbocycles. The van der Waals surface area contributed by atoms with Crippen molar-refractivity contribution in [3.05, 3.63) is 23.2 Å². The highest BCUT2D eigenvalue weighted by Crippen LogP contribution is 2.27. The number of rotatable bonds is 4. The third kappa shape index (κ3) is 3.11. The van der Waals surface area contributed by atoms with Gasteiger partial charge in [-0.3, -0.25) is 4.79 Å². The van der Waals surface area contributed by atoms with Gasteiger partial charge in [-0.25, -0.2) is 9.66 Å². The fourth-order valence-electron chi connectivity index (χ4n) is 2.59. The lowest BCUT2D eigenvalue weighted by Gasteiger charge is -2.31. The van der Waals surface area contributed by atoms with Crippen molar-refractivity contribution in [3.8, 4) is 0 Å². The van der Waals surface area contributed by atoms with Crippen LogP contribution in [0.25, 0.3) is 11.0 Å². The van der Waals surface area contributed by atoms with Gasteiger partial charge in [0, 0.05) is 18.1 Å². The fraction of sp³-hybridized carbons (Fsp3) is 0.429. The first-order chi connectivity index (χ1) is 10.1. The van der Waals surface area contributed by atoms with Gasteiger partial charge in [0.1, 0.15) is 0 Å². The largest absolute Gasteiger partial charge is 0.481 e. The Morgan fingerprint density at radius 2 is 2.10 bits per heavy atom. The second-order valence-corrected chi connectivity index (χ2v) is 6.41. The van der Waals surface area contributed by atoms with Gasteiger partial charge < -0.3 is 10.1 Å². The molecule has 1 aliphatic rings. The molecule has 1 N–H and O–H groups in total. The lowest BCUT2D eigenvalue weighted by Crippen LogP contribution is -2.39. The summed E-state index contributed by atoms with van der Waals surface area (Å²) < 4.78 is 2.05. The molecule has 2 aromatic rings. The van der Waals surface area contributed by atoms with E-state index in [2.05, 4.69) is 14.7 Å². The maximum atomic E-state index is 10.8. The molecule has 0 radical (unpaired) electrons. The molecule has 1 aromatic heterocycles. The Balaban J connectivity index is 2.03. The number of thioether (sulfide) groups is 1. The SMILES string of the molecule is O=C(O)CSc1nc2cc(Cl)ccc2n1N1CCCCC1. The molecule has 1 fully saturated rings. The lowest BCUT2D eigenvalue weighted by atomic mass is 10.2. The number of carboxylic acid groups (broad SMARTS) is 1. The van der Waals surface area contributed by atoms with E-state index in [0.717, 1.165) is 42.1 Å². The molecule has 21 heavy (non-hydrogen) atoms. The Morgan fingerprint density at radius 1 is 1.33 bits per heavy atom. The third-order valence-corrected chi connectivity index (χ3v) is 4.65. The molecule has 3 rings (SSSR count). The van der Waals surface area contributed by atoms with E-state index in [1.54, 1.807) is 0 Å². The van der Waals surface area contributed by atoms with Crippen molar-refractivity contribution < 1.29 is 9.90 Å². The number of fused-ring (bicyclic) bond motifs is 1. The maximum absolute atomic E-state index is 10.8. The number of hydrogen-bond acceptors (Lipinski definition) is 4. The molecule has 2 heterocycles. The fourth-order valence-corrected chi connectivity index (χ4v) is 3.51. The highest BCUT2D eigenvalue weighted by Gasteiger charge is 2.19. The van der Waals surface area contributed by atoms with Gasteiger partial charge in [0.15, 0.2) is 5.16 Å².